The van der Waals surface area contributed by atoms with Crippen molar-refractivity contribution < 1.29 is 5.11 Å². The Bertz CT molecular complexity index is 456. The van der Waals surface area contributed by atoms with E-state index in [2.05, 4.69) is 9.97 Å². The van der Waals surface area contributed by atoms with Gasteiger partial charge >= 0.3 is 0 Å². The summed E-state index contributed by atoms with van der Waals surface area (Å²) in [7, 11) is 0. The fourth-order valence-corrected chi connectivity index (χ4v) is 1.60. The first-order valence-corrected chi connectivity index (χ1v) is 5.27. The number of benzene rings is 1. The van der Waals surface area contributed by atoms with Crippen molar-refractivity contribution in [1.29, 1.82) is 0 Å². The molecule has 1 aromatic heterocycles. The Kier molecular flexibility index (Phi) is 3.27. The van der Waals surface area contributed by atoms with Crippen LogP contribution in [0.4, 0.5) is 0 Å². The molecule has 3 heteroatoms. The molecule has 1 aromatic carbocycles. The standard InChI is InChI=1S/C13H14N2O/c1-10-14-8-7-12(15-10)13(16)9-11-5-3-2-4-6-11/h2-8,13,16H,9H2,1H3. The highest BCUT2D eigenvalue weighted by molar-refractivity contribution is 5.18. The molecule has 1 atom stereocenters. The molecule has 0 spiro atoms. The molecule has 0 aliphatic heterocycles. The first-order chi connectivity index (χ1) is 7.75. The lowest BCUT2D eigenvalue weighted by Gasteiger charge is -2.10. The van der Waals surface area contributed by atoms with Gasteiger partial charge < -0.3 is 5.11 Å². The highest BCUT2D eigenvalue weighted by atomic mass is 16.3. The number of aromatic nitrogens is 2. The maximum absolute atomic E-state index is 10.0. The molecule has 1 unspecified atom stereocenters. The minimum atomic E-state index is -0.566. The number of aliphatic hydroxyl groups excluding tert-OH is 1. The fraction of sp³-hybridized carbons (Fsp3) is 0.231. The fourth-order valence-electron chi connectivity index (χ4n) is 1.60. The van der Waals surface area contributed by atoms with E-state index in [1.807, 2.05) is 37.3 Å². The molecule has 0 saturated heterocycles. The summed E-state index contributed by atoms with van der Waals surface area (Å²) in [6, 6.07) is 11.6. The van der Waals surface area contributed by atoms with Crippen LogP contribution in [0.2, 0.25) is 0 Å². The van der Waals surface area contributed by atoms with Gasteiger partial charge in [0, 0.05) is 12.6 Å². The van der Waals surface area contributed by atoms with Gasteiger partial charge in [-0.2, -0.15) is 0 Å². The van der Waals surface area contributed by atoms with Gasteiger partial charge in [-0.25, -0.2) is 9.97 Å². The van der Waals surface area contributed by atoms with E-state index in [0.717, 1.165) is 5.56 Å². The van der Waals surface area contributed by atoms with Crippen LogP contribution in [0.1, 0.15) is 23.2 Å². The zero-order valence-corrected chi connectivity index (χ0v) is 9.17. The second-order valence-corrected chi connectivity index (χ2v) is 3.73. The van der Waals surface area contributed by atoms with Crippen LogP contribution < -0.4 is 0 Å². The number of nitrogens with zero attached hydrogens (tertiary/aromatic N) is 2. The molecular weight excluding hydrogens is 200 g/mol. The number of aryl methyl sites for hydroxylation is 1. The van der Waals surface area contributed by atoms with Crippen LogP contribution >= 0.6 is 0 Å². The second-order valence-electron chi connectivity index (χ2n) is 3.73. The summed E-state index contributed by atoms with van der Waals surface area (Å²) in [5, 5.41) is 10.0. The average molecular weight is 214 g/mol. The Morgan fingerprint density at radius 2 is 1.94 bits per heavy atom. The number of hydrogen-bond acceptors (Lipinski definition) is 3. The van der Waals surface area contributed by atoms with Crippen LogP contribution in [0.25, 0.3) is 0 Å². The van der Waals surface area contributed by atoms with Crippen molar-refractivity contribution in [3.8, 4) is 0 Å². The van der Waals surface area contributed by atoms with Gasteiger partial charge in [-0.3, -0.25) is 0 Å². The molecule has 0 aliphatic carbocycles. The zero-order chi connectivity index (χ0) is 11.4. The van der Waals surface area contributed by atoms with Gasteiger partial charge in [0.1, 0.15) is 11.9 Å². The lowest BCUT2D eigenvalue weighted by atomic mass is 10.1. The lowest BCUT2D eigenvalue weighted by molar-refractivity contribution is 0.173. The van der Waals surface area contributed by atoms with E-state index in [0.29, 0.717) is 17.9 Å². The SMILES string of the molecule is Cc1nccc(C(O)Cc2ccccc2)n1. The highest BCUT2D eigenvalue weighted by Crippen LogP contribution is 2.15. The minimum Gasteiger partial charge on any atom is -0.386 e. The second kappa shape index (κ2) is 4.86. The zero-order valence-electron chi connectivity index (χ0n) is 9.17. The Hall–Kier alpha value is -1.74. The van der Waals surface area contributed by atoms with Crippen LogP contribution in [-0.4, -0.2) is 15.1 Å². The first kappa shape index (κ1) is 10.8. The summed E-state index contributed by atoms with van der Waals surface area (Å²) in [5.74, 6) is 0.685. The van der Waals surface area contributed by atoms with Gasteiger partial charge in [0.25, 0.3) is 0 Å². The van der Waals surface area contributed by atoms with Crippen molar-refractivity contribution in [2.24, 2.45) is 0 Å². The maximum atomic E-state index is 10.0. The Labute approximate surface area is 94.8 Å². The van der Waals surface area contributed by atoms with Crippen LogP contribution in [-0.2, 0) is 6.42 Å². The maximum Gasteiger partial charge on any atom is 0.125 e. The normalized spacial score (nSPS) is 12.4. The van der Waals surface area contributed by atoms with E-state index in [1.165, 1.54) is 0 Å². The van der Waals surface area contributed by atoms with Gasteiger partial charge in [0.2, 0.25) is 0 Å². The van der Waals surface area contributed by atoms with Gasteiger partial charge in [0.15, 0.2) is 0 Å². The summed E-state index contributed by atoms with van der Waals surface area (Å²) in [5.41, 5.74) is 1.78. The molecule has 0 fully saturated rings. The third-order valence-corrected chi connectivity index (χ3v) is 2.41. The van der Waals surface area contributed by atoms with Crippen molar-refractivity contribution >= 4 is 0 Å². The topological polar surface area (TPSA) is 46.0 Å². The van der Waals surface area contributed by atoms with Crippen LogP contribution in [0, 0.1) is 6.92 Å². The van der Waals surface area contributed by atoms with Crippen LogP contribution in [0.15, 0.2) is 42.6 Å². The molecule has 2 rings (SSSR count). The predicted octanol–water partition coefficient (Wildman–Crippen LogP) is 2.06. The molecule has 2 aromatic rings. The summed E-state index contributed by atoms with van der Waals surface area (Å²) in [4.78, 5) is 8.22. The van der Waals surface area contributed by atoms with Crippen molar-refractivity contribution in [1.82, 2.24) is 9.97 Å². The summed E-state index contributed by atoms with van der Waals surface area (Å²) in [6.45, 7) is 1.82. The van der Waals surface area contributed by atoms with Crippen molar-refractivity contribution in [2.45, 2.75) is 19.4 Å². The molecule has 3 nitrogen and oxygen atoms in total. The molecule has 0 radical (unpaired) electrons. The third kappa shape index (κ3) is 2.64. The molecule has 0 aliphatic rings. The van der Waals surface area contributed by atoms with E-state index in [9.17, 15) is 5.11 Å². The Morgan fingerprint density at radius 1 is 1.19 bits per heavy atom. The molecule has 0 amide bonds. The van der Waals surface area contributed by atoms with Crippen LogP contribution in [0.5, 0.6) is 0 Å². The van der Waals surface area contributed by atoms with E-state index >= 15 is 0 Å². The monoisotopic (exact) mass is 214 g/mol. The molecule has 16 heavy (non-hydrogen) atoms. The Balaban J connectivity index is 2.12. The smallest absolute Gasteiger partial charge is 0.125 e. The van der Waals surface area contributed by atoms with E-state index in [-0.39, 0.29) is 0 Å². The number of hydrogen-bond donors (Lipinski definition) is 1. The van der Waals surface area contributed by atoms with Gasteiger partial charge in [-0.1, -0.05) is 30.3 Å². The number of aliphatic hydroxyl groups is 1. The van der Waals surface area contributed by atoms with Crippen molar-refractivity contribution in [3.63, 3.8) is 0 Å². The van der Waals surface area contributed by atoms with E-state index in [1.54, 1.807) is 12.3 Å². The lowest BCUT2D eigenvalue weighted by Crippen LogP contribution is -2.05. The highest BCUT2D eigenvalue weighted by Gasteiger charge is 2.09. The summed E-state index contributed by atoms with van der Waals surface area (Å²) < 4.78 is 0. The molecule has 0 saturated carbocycles. The average Bonchev–Trinajstić information content (AvgIpc) is 2.30. The van der Waals surface area contributed by atoms with E-state index in [4.69, 9.17) is 0 Å². The molecule has 1 N–H and O–H groups in total. The summed E-state index contributed by atoms with van der Waals surface area (Å²) in [6.07, 6.45) is 1.69. The predicted molar refractivity (Wildman–Crippen MR) is 61.9 cm³/mol. The number of rotatable bonds is 3. The van der Waals surface area contributed by atoms with Gasteiger partial charge in [0.05, 0.1) is 5.69 Å². The van der Waals surface area contributed by atoms with Crippen molar-refractivity contribution in [2.75, 3.05) is 0 Å². The first-order valence-electron chi connectivity index (χ1n) is 5.27. The quantitative estimate of drug-likeness (QED) is 0.850. The molecular formula is C13H14N2O. The molecule has 82 valence electrons. The largest absolute Gasteiger partial charge is 0.386 e. The minimum absolute atomic E-state index is 0.566. The third-order valence-electron chi connectivity index (χ3n) is 2.41. The molecule has 0 bridgehead atoms. The summed E-state index contributed by atoms with van der Waals surface area (Å²) >= 11 is 0. The van der Waals surface area contributed by atoms with Gasteiger partial charge in [-0.15, -0.1) is 0 Å². The Morgan fingerprint density at radius 3 is 2.62 bits per heavy atom. The molecule has 1 heterocycles. The van der Waals surface area contributed by atoms with Crippen LogP contribution in [0.3, 0.4) is 0 Å². The van der Waals surface area contributed by atoms with Gasteiger partial charge in [-0.05, 0) is 18.6 Å². The van der Waals surface area contributed by atoms with E-state index < -0.39 is 6.10 Å². The van der Waals surface area contributed by atoms with Crippen molar-refractivity contribution in [3.05, 3.63) is 59.7 Å².